The Morgan fingerprint density at radius 3 is 2.41 bits per heavy atom. The van der Waals surface area contributed by atoms with Crippen LogP contribution in [0.1, 0.15) is 10.5 Å². The molecule has 0 saturated carbocycles. The van der Waals surface area contributed by atoms with Gasteiger partial charge >= 0.3 is 0 Å². The molecule has 0 spiro atoms. The normalized spacial score (nSPS) is 10.9. The van der Waals surface area contributed by atoms with E-state index in [1.54, 1.807) is 24.4 Å². The molecule has 1 amide bonds. The lowest BCUT2D eigenvalue weighted by Crippen LogP contribution is -2.15. The first-order chi connectivity index (χ1) is 15.6. The number of amides is 1. The van der Waals surface area contributed by atoms with Gasteiger partial charge in [-0.25, -0.2) is 9.67 Å². The van der Waals surface area contributed by atoms with E-state index in [4.69, 9.17) is 0 Å². The minimum absolute atomic E-state index is 0.0140. The van der Waals surface area contributed by atoms with Crippen LogP contribution in [0.25, 0.3) is 22.6 Å². The molecule has 0 aliphatic heterocycles. The first-order valence-electron chi connectivity index (χ1n) is 9.74. The molecule has 1 N–H and O–H groups in total. The van der Waals surface area contributed by atoms with Gasteiger partial charge in [-0.15, -0.1) is 0 Å². The summed E-state index contributed by atoms with van der Waals surface area (Å²) in [6.45, 7) is 0. The van der Waals surface area contributed by atoms with Gasteiger partial charge in [0.05, 0.1) is 10.6 Å². The molecular formula is C23H16N6O3. The number of nitrogens with zero attached hydrogens (tertiary/aromatic N) is 5. The second kappa shape index (κ2) is 7.80. The topological polar surface area (TPSA) is 107 Å². The molecule has 0 atom stereocenters. The van der Waals surface area contributed by atoms with Crippen LogP contribution >= 0.6 is 0 Å². The van der Waals surface area contributed by atoms with Gasteiger partial charge in [0.1, 0.15) is 17.2 Å². The minimum Gasteiger partial charge on any atom is -0.304 e. The van der Waals surface area contributed by atoms with E-state index in [-0.39, 0.29) is 11.4 Å². The Bertz CT molecular complexity index is 1440. The van der Waals surface area contributed by atoms with Gasteiger partial charge in [-0.2, -0.15) is 5.10 Å². The Morgan fingerprint density at radius 1 is 0.906 bits per heavy atom. The lowest BCUT2D eigenvalue weighted by molar-refractivity contribution is -0.384. The zero-order chi connectivity index (χ0) is 22.1. The molecule has 3 aromatic heterocycles. The summed E-state index contributed by atoms with van der Waals surface area (Å²) in [5, 5.41) is 18.1. The van der Waals surface area contributed by atoms with Crippen LogP contribution in [0.2, 0.25) is 0 Å². The van der Waals surface area contributed by atoms with Crippen LogP contribution < -0.4 is 5.32 Å². The van der Waals surface area contributed by atoms with E-state index in [0.29, 0.717) is 22.8 Å². The summed E-state index contributed by atoms with van der Waals surface area (Å²) in [6.07, 6.45) is 3.46. The van der Waals surface area contributed by atoms with Gasteiger partial charge in [0.2, 0.25) is 0 Å². The van der Waals surface area contributed by atoms with E-state index in [2.05, 4.69) is 15.4 Å². The largest absolute Gasteiger partial charge is 0.304 e. The number of nitro benzene ring substituents is 1. The molecule has 0 radical (unpaired) electrons. The summed E-state index contributed by atoms with van der Waals surface area (Å²) in [4.78, 5) is 28.1. The summed E-state index contributed by atoms with van der Waals surface area (Å²) in [7, 11) is 0. The fourth-order valence-corrected chi connectivity index (χ4v) is 3.40. The summed E-state index contributed by atoms with van der Waals surface area (Å²) in [5.74, 6) is 0.148. The Kier molecular flexibility index (Phi) is 4.68. The molecule has 5 rings (SSSR count). The number of anilines is 1. The van der Waals surface area contributed by atoms with Crippen molar-refractivity contribution in [3.63, 3.8) is 0 Å². The second-order valence-corrected chi connectivity index (χ2v) is 6.98. The van der Waals surface area contributed by atoms with E-state index < -0.39 is 10.8 Å². The molecular weight excluding hydrogens is 408 g/mol. The van der Waals surface area contributed by atoms with Gasteiger partial charge < -0.3 is 5.32 Å². The fraction of sp³-hybridized carbons (Fsp3) is 0. The maximum Gasteiger partial charge on any atom is 0.277 e. The van der Waals surface area contributed by atoms with Crippen molar-refractivity contribution < 1.29 is 9.72 Å². The number of nitro groups is 1. The molecule has 9 nitrogen and oxygen atoms in total. The van der Waals surface area contributed by atoms with Crippen LogP contribution in [0.4, 0.5) is 11.5 Å². The number of imidazole rings is 1. The van der Waals surface area contributed by atoms with Crippen LogP contribution in [-0.4, -0.2) is 30.0 Å². The predicted octanol–water partition coefficient (Wildman–Crippen LogP) is 4.35. The Labute approximate surface area is 181 Å². The molecule has 3 heterocycles. The van der Waals surface area contributed by atoms with Crippen LogP contribution in [0.15, 0.2) is 91.3 Å². The van der Waals surface area contributed by atoms with Crippen LogP contribution in [-0.2, 0) is 0 Å². The second-order valence-electron chi connectivity index (χ2n) is 6.98. The molecule has 0 saturated heterocycles. The molecule has 0 bridgehead atoms. The van der Waals surface area contributed by atoms with E-state index in [1.165, 1.54) is 16.8 Å². The van der Waals surface area contributed by atoms with Crippen molar-refractivity contribution >= 4 is 23.1 Å². The summed E-state index contributed by atoms with van der Waals surface area (Å²) < 4.78 is 3.30. The van der Waals surface area contributed by atoms with Crippen LogP contribution in [0.5, 0.6) is 0 Å². The van der Waals surface area contributed by atoms with Crippen LogP contribution in [0, 0.1) is 10.1 Å². The lowest BCUT2D eigenvalue weighted by atomic mass is 10.1. The molecule has 0 aliphatic carbocycles. The number of benzene rings is 2. The number of fused-ring (bicyclic) bond motifs is 1. The number of hydrogen-bond donors (Lipinski definition) is 1. The highest BCUT2D eigenvalue weighted by atomic mass is 16.6. The summed E-state index contributed by atoms with van der Waals surface area (Å²) in [6, 6.07) is 22.7. The maximum absolute atomic E-state index is 13.0. The third kappa shape index (κ3) is 3.47. The number of carbonyl (C=O) groups is 1. The van der Waals surface area contributed by atoms with Gasteiger partial charge in [-0.3, -0.25) is 19.3 Å². The van der Waals surface area contributed by atoms with E-state index >= 15 is 0 Å². The number of carbonyl (C=O) groups excluding carboxylic acids is 1. The van der Waals surface area contributed by atoms with Crippen molar-refractivity contribution in [1.29, 1.82) is 0 Å². The van der Waals surface area contributed by atoms with Crippen molar-refractivity contribution in [3.8, 4) is 16.9 Å². The molecule has 0 fully saturated rings. The number of rotatable bonds is 5. The predicted molar refractivity (Wildman–Crippen MR) is 119 cm³/mol. The van der Waals surface area contributed by atoms with Crippen molar-refractivity contribution in [3.05, 3.63) is 107 Å². The number of hydrogen-bond acceptors (Lipinski definition) is 5. The number of aromatic nitrogens is 4. The number of non-ortho nitro benzene ring substituents is 1. The fourth-order valence-electron chi connectivity index (χ4n) is 3.40. The lowest BCUT2D eigenvalue weighted by Gasteiger charge is -2.07. The molecule has 9 heteroatoms. The van der Waals surface area contributed by atoms with E-state index in [9.17, 15) is 14.9 Å². The smallest absolute Gasteiger partial charge is 0.277 e. The van der Waals surface area contributed by atoms with Gasteiger partial charge in [-0.1, -0.05) is 36.4 Å². The molecule has 156 valence electrons. The Morgan fingerprint density at radius 2 is 1.66 bits per heavy atom. The molecule has 32 heavy (non-hydrogen) atoms. The Balaban J connectivity index is 1.47. The summed E-state index contributed by atoms with van der Waals surface area (Å²) in [5.41, 5.74) is 3.03. The van der Waals surface area contributed by atoms with Crippen molar-refractivity contribution in [2.24, 2.45) is 0 Å². The monoisotopic (exact) mass is 424 g/mol. The first-order valence-corrected chi connectivity index (χ1v) is 9.74. The van der Waals surface area contributed by atoms with Gasteiger partial charge in [0.25, 0.3) is 11.6 Å². The third-order valence-electron chi connectivity index (χ3n) is 4.96. The first kappa shape index (κ1) is 19.2. The third-order valence-corrected chi connectivity index (χ3v) is 4.96. The van der Waals surface area contributed by atoms with Crippen molar-refractivity contribution in [2.45, 2.75) is 0 Å². The van der Waals surface area contributed by atoms with E-state index in [0.717, 1.165) is 5.56 Å². The molecule has 5 aromatic rings. The standard InChI is InChI=1S/C23H16N6O3/c30-23(19-13-15-28(26-19)17-9-11-18(12-10-17)29(31)32)25-22-21(16-6-2-1-3-7-16)24-20-8-4-5-14-27(20)22/h1-15H,(H,25,30). The van der Waals surface area contributed by atoms with Crippen molar-refractivity contribution in [1.82, 2.24) is 19.2 Å². The SMILES string of the molecule is O=C(Nc1c(-c2ccccc2)nc2ccccn12)c1ccn(-c2ccc([N+](=O)[O-])cc2)n1. The quantitative estimate of drug-likeness (QED) is 0.333. The van der Waals surface area contributed by atoms with E-state index in [1.807, 2.05) is 59.1 Å². The van der Waals surface area contributed by atoms with Gasteiger partial charge in [0.15, 0.2) is 5.69 Å². The highest BCUT2D eigenvalue weighted by molar-refractivity contribution is 6.04. The zero-order valence-electron chi connectivity index (χ0n) is 16.6. The number of nitrogens with one attached hydrogen (secondary N) is 1. The molecule has 0 unspecified atom stereocenters. The van der Waals surface area contributed by atoms with Crippen molar-refractivity contribution in [2.75, 3.05) is 5.32 Å². The van der Waals surface area contributed by atoms with Gasteiger partial charge in [0, 0.05) is 30.1 Å². The van der Waals surface area contributed by atoms with Crippen LogP contribution in [0.3, 0.4) is 0 Å². The maximum atomic E-state index is 13.0. The zero-order valence-corrected chi connectivity index (χ0v) is 16.6. The highest BCUT2D eigenvalue weighted by Crippen LogP contribution is 2.29. The van der Waals surface area contributed by atoms with Gasteiger partial charge in [-0.05, 0) is 30.3 Å². The number of pyridine rings is 1. The average molecular weight is 424 g/mol. The molecule has 0 aliphatic rings. The summed E-state index contributed by atoms with van der Waals surface area (Å²) >= 11 is 0. The Hall–Kier alpha value is -4.79. The highest BCUT2D eigenvalue weighted by Gasteiger charge is 2.18. The minimum atomic E-state index is -0.466. The molecule has 2 aromatic carbocycles. The average Bonchev–Trinajstić information content (AvgIpc) is 3.46.